The molecule has 0 spiro atoms. The number of imidazole rings is 2. The van der Waals surface area contributed by atoms with E-state index >= 15 is 0 Å². The van der Waals surface area contributed by atoms with E-state index in [1.807, 2.05) is 25.9 Å². The average Bonchev–Trinajstić information content (AvgIpc) is 3.59. The number of alkyl halides is 3. The number of fused-ring (bicyclic) bond motifs is 1. The van der Waals surface area contributed by atoms with Crippen LogP contribution in [-0.2, 0) is 23.9 Å². The molecule has 1 amide bonds. The summed E-state index contributed by atoms with van der Waals surface area (Å²) in [6, 6.07) is 12.2. The van der Waals surface area contributed by atoms with Gasteiger partial charge in [0.05, 0.1) is 24.0 Å². The average molecular weight is 599 g/mol. The second-order valence-electron chi connectivity index (χ2n) is 10.7. The third kappa shape index (κ3) is 6.71. The molecule has 44 heavy (non-hydrogen) atoms. The molecule has 0 saturated carbocycles. The summed E-state index contributed by atoms with van der Waals surface area (Å²) >= 11 is 0. The molecule has 0 bridgehead atoms. The van der Waals surface area contributed by atoms with E-state index in [1.165, 1.54) is 13.1 Å². The van der Waals surface area contributed by atoms with Gasteiger partial charge >= 0.3 is 6.18 Å². The predicted octanol–water partition coefficient (Wildman–Crippen LogP) is 5.69. The molecular weight excluding hydrogens is 569 g/mol. The lowest BCUT2D eigenvalue weighted by Crippen LogP contribution is -2.16. The number of amides is 1. The Hall–Kier alpha value is -5.21. The molecule has 1 N–H and O–H groups in total. The zero-order valence-corrected chi connectivity index (χ0v) is 24.5. The molecule has 0 radical (unpaired) electrons. The number of pyridine rings is 1. The Labute approximate surface area is 252 Å². The Morgan fingerprint density at radius 1 is 1.02 bits per heavy atom. The van der Waals surface area contributed by atoms with E-state index in [1.54, 1.807) is 64.0 Å². The highest BCUT2D eigenvalue weighted by Crippen LogP contribution is 2.32. The largest absolute Gasteiger partial charge is 0.416 e. The van der Waals surface area contributed by atoms with Crippen LogP contribution >= 0.6 is 0 Å². The molecule has 0 aliphatic rings. The first-order valence-electron chi connectivity index (χ1n) is 13.7. The van der Waals surface area contributed by atoms with Crippen molar-refractivity contribution in [1.82, 2.24) is 23.8 Å². The second-order valence-corrected chi connectivity index (χ2v) is 10.7. The molecule has 0 atom stereocenters. The molecule has 3 aromatic heterocycles. The van der Waals surface area contributed by atoms with Crippen LogP contribution in [0, 0.1) is 18.8 Å². The highest BCUT2D eigenvalue weighted by Gasteiger charge is 2.32. The Balaban J connectivity index is 1.44. The number of aromatic nitrogens is 4. The Morgan fingerprint density at radius 3 is 2.55 bits per heavy atom. The summed E-state index contributed by atoms with van der Waals surface area (Å²) in [7, 11) is 3.69. The van der Waals surface area contributed by atoms with Gasteiger partial charge in [-0.3, -0.25) is 14.0 Å². The van der Waals surface area contributed by atoms with Crippen molar-refractivity contribution in [2.75, 3.05) is 19.4 Å². The van der Waals surface area contributed by atoms with Gasteiger partial charge in [-0.2, -0.15) is 13.2 Å². The summed E-state index contributed by atoms with van der Waals surface area (Å²) in [6.07, 6.45) is 1.68. The Bertz CT molecular complexity index is 1940. The number of carbonyl (C=O) groups excluding carboxylic acids is 2. The van der Waals surface area contributed by atoms with Crippen LogP contribution in [0.15, 0.2) is 73.3 Å². The number of ketones is 1. The van der Waals surface area contributed by atoms with Crippen LogP contribution in [0.2, 0.25) is 0 Å². The van der Waals surface area contributed by atoms with Gasteiger partial charge in [-0.25, -0.2) is 9.97 Å². The zero-order valence-electron chi connectivity index (χ0n) is 24.5. The number of hydrogen-bond donors (Lipinski definition) is 1. The van der Waals surface area contributed by atoms with E-state index in [0.717, 1.165) is 17.7 Å². The summed E-state index contributed by atoms with van der Waals surface area (Å²) in [6.45, 7) is 3.70. The lowest BCUT2D eigenvalue weighted by Gasteiger charge is -2.16. The molecule has 5 aromatic rings. The first-order chi connectivity index (χ1) is 20.9. The molecule has 0 fully saturated rings. The van der Waals surface area contributed by atoms with Gasteiger partial charge in [0.25, 0.3) is 0 Å². The van der Waals surface area contributed by atoms with Gasteiger partial charge in [-0.1, -0.05) is 18.1 Å². The van der Waals surface area contributed by atoms with E-state index in [0.29, 0.717) is 40.5 Å². The van der Waals surface area contributed by atoms with Crippen molar-refractivity contribution in [1.29, 1.82) is 0 Å². The third-order valence-electron chi connectivity index (χ3n) is 6.85. The molecule has 224 valence electrons. The number of aryl methyl sites for hydroxylation is 1. The third-order valence-corrected chi connectivity index (χ3v) is 6.85. The maximum absolute atomic E-state index is 13.9. The van der Waals surface area contributed by atoms with Gasteiger partial charge < -0.3 is 14.8 Å². The van der Waals surface area contributed by atoms with Crippen molar-refractivity contribution in [2.24, 2.45) is 0 Å². The van der Waals surface area contributed by atoms with E-state index in [-0.39, 0.29) is 29.4 Å². The number of hydrogen-bond acceptors (Lipinski definition) is 5. The van der Waals surface area contributed by atoms with Gasteiger partial charge in [0.2, 0.25) is 5.91 Å². The smallest absolute Gasteiger partial charge is 0.323 e. The van der Waals surface area contributed by atoms with Gasteiger partial charge in [-0.05, 0) is 74.5 Å². The fraction of sp³-hybridized carbons (Fsp3) is 0.212. The number of halogens is 3. The number of Topliss-reactive ketones (excluding diaryl/α,β-unsaturated/α-hetero) is 1. The van der Waals surface area contributed by atoms with Crippen LogP contribution in [0.4, 0.5) is 18.9 Å². The van der Waals surface area contributed by atoms with Crippen LogP contribution in [0.1, 0.15) is 51.1 Å². The number of rotatable bonds is 7. The lowest BCUT2D eigenvalue weighted by molar-refractivity contribution is -0.137. The lowest BCUT2D eigenvalue weighted by atomic mass is 9.97. The fourth-order valence-electron chi connectivity index (χ4n) is 4.79. The minimum Gasteiger partial charge on any atom is -0.323 e. The summed E-state index contributed by atoms with van der Waals surface area (Å²) in [4.78, 5) is 35.4. The van der Waals surface area contributed by atoms with Crippen molar-refractivity contribution in [2.45, 2.75) is 33.0 Å². The van der Waals surface area contributed by atoms with Crippen LogP contribution in [0.25, 0.3) is 11.3 Å². The topological polar surface area (TPSA) is 84.5 Å². The summed E-state index contributed by atoms with van der Waals surface area (Å²) in [5.74, 6) is 6.18. The highest BCUT2D eigenvalue weighted by atomic mass is 19.4. The van der Waals surface area contributed by atoms with Crippen LogP contribution in [0.3, 0.4) is 0 Å². The normalized spacial score (nSPS) is 11.5. The van der Waals surface area contributed by atoms with Gasteiger partial charge in [0, 0.05) is 48.7 Å². The first kappa shape index (κ1) is 30.3. The molecule has 0 unspecified atom stereocenters. The molecule has 5 rings (SSSR count). The van der Waals surface area contributed by atoms with Gasteiger partial charge in [0.1, 0.15) is 11.5 Å². The minimum atomic E-state index is -4.59. The Kier molecular flexibility index (Phi) is 8.38. The predicted molar refractivity (Wildman–Crippen MR) is 161 cm³/mol. The van der Waals surface area contributed by atoms with Crippen molar-refractivity contribution in [3.63, 3.8) is 0 Å². The maximum Gasteiger partial charge on any atom is 0.416 e. The SMILES string of the molecule is CC(=O)Nc1cccn2c(C#Cc3cc(C(=O)Cc4cc(-n5ccnc5CN(C)C)cc(C(F)(F)F)c4)ccc3C)cnc12. The second kappa shape index (κ2) is 12.2. The van der Waals surface area contributed by atoms with Crippen molar-refractivity contribution in [3.05, 3.63) is 113 Å². The number of benzene rings is 2. The molecule has 3 heterocycles. The van der Waals surface area contributed by atoms with Crippen LogP contribution in [-0.4, -0.2) is 49.6 Å². The van der Waals surface area contributed by atoms with E-state index in [4.69, 9.17) is 0 Å². The van der Waals surface area contributed by atoms with Gasteiger partial charge in [0.15, 0.2) is 11.4 Å². The molecule has 11 heteroatoms. The number of nitrogens with zero attached hydrogens (tertiary/aromatic N) is 5. The standard InChI is InChI=1S/C33H29F3N6O2/c1-21-7-8-25(17-24(21)9-10-27-19-38-32-29(39-22(2)43)6-5-12-42(27)32)30(44)16-23-14-26(33(34,35)36)18-28(15-23)41-13-11-37-31(41)20-40(3)4/h5-8,11-15,17-19H,16,20H2,1-4H3,(H,39,43). The molecule has 0 aliphatic heterocycles. The van der Waals surface area contributed by atoms with E-state index < -0.39 is 11.7 Å². The van der Waals surface area contributed by atoms with Crippen molar-refractivity contribution >= 4 is 23.0 Å². The van der Waals surface area contributed by atoms with Crippen molar-refractivity contribution in [3.8, 4) is 17.5 Å². The van der Waals surface area contributed by atoms with Crippen LogP contribution < -0.4 is 5.32 Å². The molecule has 2 aromatic carbocycles. The number of anilines is 1. The molecule has 8 nitrogen and oxygen atoms in total. The summed E-state index contributed by atoms with van der Waals surface area (Å²) in [5, 5.41) is 2.74. The highest BCUT2D eigenvalue weighted by molar-refractivity contribution is 5.98. The molecule has 0 saturated heterocycles. The fourth-order valence-corrected chi connectivity index (χ4v) is 4.79. The van der Waals surface area contributed by atoms with Gasteiger partial charge in [-0.15, -0.1) is 0 Å². The van der Waals surface area contributed by atoms with Crippen LogP contribution in [0.5, 0.6) is 0 Å². The number of nitrogens with one attached hydrogen (secondary N) is 1. The first-order valence-corrected chi connectivity index (χ1v) is 13.7. The number of carbonyl (C=O) groups is 2. The quantitative estimate of drug-likeness (QED) is 0.192. The molecule has 0 aliphatic carbocycles. The minimum absolute atomic E-state index is 0.219. The zero-order chi connectivity index (χ0) is 31.6. The van der Waals surface area contributed by atoms with Crippen molar-refractivity contribution < 1.29 is 22.8 Å². The Morgan fingerprint density at radius 2 is 1.82 bits per heavy atom. The van der Waals surface area contributed by atoms with E-state index in [9.17, 15) is 22.8 Å². The summed E-state index contributed by atoms with van der Waals surface area (Å²) < 4.78 is 45.0. The molecular formula is C33H29F3N6O2. The maximum atomic E-state index is 13.9. The summed E-state index contributed by atoms with van der Waals surface area (Å²) in [5.41, 5.74) is 3.10. The van der Waals surface area contributed by atoms with E-state index in [2.05, 4.69) is 27.1 Å². The monoisotopic (exact) mass is 598 g/mol.